The van der Waals surface area contributed by atoms with Crippen LogP contribution in [0.1, 0.15) is 12.5 Å². The minimum atomic E-state index is -0.299. The molecule has 0 aliphatic carbocycles. The van der Waals surface area contributed by atoms with Crippen molar-refractivity contribution in [2.45, 2.75) is 6.92 Å². The number of oxime groups is 1. The van der Waals surface area contributed by atoms with Gasteiger partial charge in [-0.2, -0.15) is 0 Å². The van der Waals surface area contributed by atoms with Crippen LogP contribution in [0.3, 0.4) is 0 Å². The van der Waals surface area contributed by atoms with E-state index in [0.717, 1.165) is 0 Å². The molecule has 0 saturated heterocycles. The first-order chi connectivity index (χ1) is 8.49. The number of nitrogens with zero attached hydrogens (tertiary/aromatic N) is 2. The van der Waals surface area contributed by atoms with Crippen molar-refractivity contribution in [3.8, 4) is 0 Å². The molecule has 6 nitrogen and oxygen atoms in total. The second-order valence-electron chi connectivity index (χ2n) is 3.62. The number of anilines is 1. The third-order valence-corrected chi connectivity index (χ3v) is 2.66. The zero-order valence-electron chi connectivity index (χ0n) is 10.1. The topological polar surface area (TPSA) is 91.0 Å². The number of nitrogens with one attached hydrogen (secondary N) is 1. The van der Waals surface area contributed by atoms with Crippen LogP contribution in [0.5, 0.6) is 0 Å². The lowest BCUT2D eigenvalue weighted by Crippen LogP contribution is -2.31. The van der Waals surface area contributed by atoms with E-state index in [2.05, 4.69) is 10.5 Å². The summed E-state index contributed by atoms with van der Waals surface area (Å²) in [5.74, 6) is -0.0962. The van der Waals surface area contributed by atoms with E-state index in [1.807, 2.05) is 6.92 Å². The van der Waals surface area contributed by atoms with Gasteiger partial charge in [-0.25, -0.2) is 4.79 Å². The minimum absolute atomic E-state index is 0.0962. The van der Waals surface area contributed by atoms with Crippen molar-refractivity contribution >= 4 is 29.2 Å². The summed E-state index contributed by atoms with van der Waals surface area (Å²) in [6, 6.07) is 4.40. The molecule has 0 atom stereocenters. The molecule has 4 N–H and O–H groups in total. The highest BCUT2D eigenvalue weighted by Gasteiger charge is 2.12. The van der Waals surface area contributed by atoms with Crippen molar-refractivity contribution in [3.63, 3.8) is 0 Å². The van der Waals surface area contributed by atoms with Crippen molar-refractivity contribution < 1.29 is 10.0 Å². The monoisotopic (exact) mass is 270 g/mol. The molecule has 0 fully saturated rings. The summed E-state index contributed by atoms with van der Waals surface area (Å²) in [6.45, 7) is 2.41. The number of urea groups is 1. The number of hydrogen-bond donors (Lipinski definition) is 3. The summed E-state index contributed by atoms with van der Waals surface area (Å²) in [7, 11) is 1.66. The van der Waals surface area contributed by atoms with Gasteiger partial charge in [0.25, 0.3) is 0 Å². The Morgan fingerprint density at radius 2 is 2.28 bits per heavy atom. The number of amides is 2. The molecule has 0 unspecified atom stereocenters. The van der Waals surface area contributed by atoms with Gasteiger partial charge >= 0.3 is 6.03 Å². The molecule has 1 aromatic carbocycles. The lowest BCUT2D eigenvalue weighted by atomic mass is 10.1. The molecule has 18 heavy (non-hydrogen) atoms. The normalized spacial score (nSPS) is 11.2. The Morgan fingerprint density at radius 3 is 2.83 bits per heavy atom. The summed E-state index contributed by atoms with van der Waals surface area (Å²) >= 11 is 5.85. The summed E-state index contributed by atoms with van der Waals surface area (Å²) in [6.07, 6.45) is 0. The summed E-state index contributed by atoms with van der Waals surface area (Å²) in [5.41, 5.74) is 6.32. The van der Waals surface area contributed by atoms with Gasteiger partial charge in [-0.15, -0.1) is 0 Å². The highest BCUT2D eigenvalue weighted by molar-refractivity contribution is 6.31. The third-order valence-electron chi connectivity index (χ3n) is 2.43. The van der Waals surface area contributed by atoms with Crippen molar-refractivity contribution in [2.75, 3.05) is 18.9 Å². The Hall–Kier alpha value is -1.95. The molecule has 1 aromatic rings. The van der Waals surface area contributed by atoms with Crippen LogP contribution in [0.4, 0.5) is 10.5 Å². The second-order valence-corrected chi connectivity index (χ2v) is 4.06. The van der Waals surface area contributed by atoms with Gasteiger partial charge in [0.05, 0.1) is 5.69 Å². The molecule has 7 heteroatoms. The molecule has 2 amide bonds. The highest BCUT2D eigenvalue weighted by Crippen LogP contribution is 2.21. The smallest absolute Gasteiger partial charge is 0.321 e. The number of benzene rings is 1. The number of carbonyl (C=O) groups excluding carboxylic acids is 1. The quantitative estimate of drug-likeness (QED) is 0.339. The molecule has 1 rings (SSSR count). The number of carbonyl (C=O) groups is 1. The first kappa shape index (κ1) is 14.1. The van der Waals surface area contributed by atoms with E-state index in [4.69, 9.17) is 22.5 Å². The number of nitrogens with two attached hydrogens (primary N) is 1. The van der Waals surface area contributed by atoms with E-state index >= 15 is 0 Å². The zero-order chi connectivity index (χ0) is 13.7. The maximum atomic E-state index is 11.7. The summed E-state index contributed by atoms with van der Waals surface area (Å²) in [4.78, 5) is 13.2. The van der Waals surface area contributed by atoms with Crippen LogP contribution in [-0.4, -0.2) is 35.6 Å². The zero-order valence-corrected chi connectivity index (χ0v) is 10.9. The van der Waals surface area contributed by atoms with E-state index < -0.39 is 0 Å². The maximum Gasteiger partial charge on any atom is 0.321 e. The lowest BCUT2D eigenvalue weighted by molar-refractivity contribution is 0.224. The van der Waals surface area contributed by atoms with Gasteiger partial charge in [0, 0.05) is 24.2 Å². The Bertz CT molecular complexity index is 476. The fourth-order valence-corrected chi connectivity index (χ4v) is 1.42. The number of rotatable bonds is 3. The molecule has 0 aliphatic heterocycles. The van der Waals surface area contributed by atoms with Gasteiger partial charge in [-0.1, -0.05) is 16.8 Å². The Balaban J connectivity index is 3.07. The van der Waals surface area contributed by atoms with Crippen LogP contribution < -0.4 is 11.1 Å². The maximum absolute atomic E-state index is 11.7. The molecule has 0 aliphatic rings. The van der Waals surface area contributed by atoms with Gasteiger partial charge < -0.3 is 21.2 Å². The largest absolute Gasteiger partial charge is 0.409 e. The van der Waals surface area contributed by atoms with E-state index in [-0.39, 0.29) is 11.9 Å². The average Bonchev–Trinajstić information content (AvgIpc) is 2.37. The molecule has 0 heterocycles. The van der Waals surface area contributed by atoms with Crippen molar-refractivity contribution in [1.29, 1.82) is 0 Å². The Kier molecular flexibility index (Phi) is 4.79. The number of hydrogen-bond acceptors (Lipinski definition) is 3. The van der Waals surface area contributed by atoms with Crippen LogP contribution in [0.2, 0.25) is 5.02 Å². The fraction of sp³-hybridized carbons (Fsp3) is 0.273. The first-order valence-corrected chi connectivity index (χ1v) is 5.67. The molecule has 0 bridgehead atoms. The summed E-state index contributed by atoms with van der Waals surface area (Å²) in [5, 5.41) is 14.7. The molecular weight excluding hydrogens is 256 g/mol. The standard InChI is InChI=1S/C11H15ClN4O2/c1-3-16(2)11(17)14-9-6-7(12)4-5-8(9)10(13)15-18/h4-6,18H,3H2,1-2H3,(H2,13,15)(H,14,17). The van der Waals surface area contributed by atoms with Crippen LogP contribution in [0.15, 0.2) is 23.4 Å². The average molecular weight is 271 g/mol. The molecule has 0 radical (unpaired) electrons. The van der Waals surface area contributed by atoms with Gasteiger partial charge in [0.1, 0.15) is 0 Å². The van der Waals surface area contributed by atoms with Gasteiger partial charge in [-0.3, -0.25) is 0 Å². The number of amidine groups is 1. The molecule has 0 saturated carbocycles. The first-order valence-electron chi connectivity index (χ1n) is 5.29. The van der Waals surface area contributed by atoms with Crippen molar-refractivity contribution in [2.24, 2.45) is 10.9 Å². The van der Waals surface area contributed by atoms with E-state index in [1.165, 1.54) is 11.0 Å². The number of halogens is 1. The van der Waals surface area contributed by atoms with Crippen LogP contribution in [-0.2, 0) is 0 Å². The lowest BCUT2D eigenvalue weighted by Gasteiger charge is -2.17. The molecule has 0 spiro atoms. The Morgan fingerprint density at radius 1 is 1.61 bits per heavy atom. The minimum Gasteiger partial charge on any atom is -0.409 e. The van der Waals surface area contributed by atoms with E-state index in [1.54, 1.807) is 19.2 Å². The van der Waals surface area contributed by atoms with Crippen LogP contribution in [0.25, 0.3) is 0 Å². The highest BCUT2D eigenvalue weighted by atomic mass is 35.5. The third kappa shape index (κ3) is 3.27. The predicted octanol–water partition coefficient (Wildman–Crippen LogP) is 1.92. The van der Waals surface area contributed by atoms with Gasteiger partial charge in [0.15, 0.2) is 5.84 Å². The second kappa shape index (κ2) is 6.11. The fourth-order valence-electron chi connectivity index (χ4n) is 1.25. The molecule has 0 aromatic heterocycles. The predicted molar refractivity (Wildman–Crippen MR) is 71.3 cm³/mol. The van der Waals surface area contributed by atoms with Crippen LogP contribution in [0, 0.1) is 0 Å². The summed E-state index contributed by atoms with van der Waals surface area (Å²) < 4.78 is 0. The molecular formula is C11H15ClN4O2. The van der Waals surface area contributed by atoms with Crippen molar-refractivity contribution in [3.05, 3.63) is 28.8 Å². The van der Waals surface area contributed by atoms with Crippen molar-refractivity contribution in [1.82, 2.24) is 4.90 Å². The SMILES string of the molecule is CCN(C)C(=O)Nc1cc(Cl)ccc1C(N)=NO. The van der Waals surface area contributed by atoms with Gasteiger partial charge in [-0.05, 0) is 25.1 Å². The van der Waals surface area contributed by atoms with Crippen LogP contribution >= 0.6 is 11.6 Å². The molecule has 98 valence electrons. The van der Waals surface area contributed by atoms with E-state index in [0.29, 0.717) is 22.8 Å². The Labute approximate surface area is 110 Å². The van der Waals surface area contributed by atoms with Gasteiger partial charge in [0.2, 0.25) is 0 Å². The van der Waals surface area contributed by atoms with E-state index in [9.17, 15) is 4.79 Å².